The predicted molar refractivity (Wildman–Crippen MR) is 69.7 cm³/mol. The third-order valence-electron chi connectivity index (χ3n) is 3.27. The maximum atomic E-state index is 12.2. The number of pyridine rings is 1. The zero-order chi connectivity index (χ0) is 14.1. The van der Waals surface area contributed by atoms with Crippen LogP contribution in [0.25, 0.3) is 5.82 Å². The fourth-order valence-corrected chi connectivity index (χ4v) is 1.96. The van der Waals surface area contributed by atoms with Crippen molar-refractivity contribution in [3.8, 4) is 5.82 Å². The second-order valence-electron chi connectivity index (χ2n) is 4.80. The maximum Gasteiger partial charge on any atom is 0.351 e. The van der Waals surface area contributed by atoms with Crippen LogP contribution in [0.15, 0.2) is 29.5 Å². The van der Waals surface area contributed by atoms with Gasteiger partial charge in [-0.15, -0.1) is 0 Å². The fourth-order valence-electron chi connectivity index (χ4n) is 1.96. The van der Waals surface area contributed by atoms with Gasteiger partial charge >= 0.3 is 11.7 Å². The summed E-state index contributed by atoms with van der Waals surface area (Å²) in [4.78, 5) is 27.8. The molecule has 20 heavy (non-hydrogen) atoms. The highest BCUT2D eigenvalue weighted by atomic mass is 16.5. The van der Waals surface area contributed by atoms with E-state index < -0.39 is 5.97 Å². The van der Waals surface area contributed by atoms with Crippen LogP contribution < -0.4 is 5.69 Å². The van der Waals surface area contributed by atoms with Crippen LogP contribution in [-0.2, 0) is 11.3 Å². The molecule has 0 amide bonds. The normalized spacial score (nSPS) is 14.2. The molecular formula is C13H14N4O3. The summed E-state index contributed by atoms with van der Waals surface area (Å²) in [5, 5.41) is 4.08. The zero-order valence-electron chi connectivity index (χ0n) is 11.0. The number of rotatable bonds is 4. The van der Waals surface area contributed by atoms with Crippen LogP contribution in [0.1, 0.15) is 23.2 Å². The molecule has 0 aliphatic heterocycles. The standard InChI is InChI=1S/C13H14N4O3/c1-20-12(18)10-4-5-14-11(6-10)16-8-15-17(13(16)19)7-9-2-3-9/h4-6,8-9H,2-3,7H2,1H3. The Kier molecular flexibility index (Phi) is 3.09. The van der Waals surface area contributed by atoms with Gasteiger partial charge in [0.1, 0.15) is 12.1 Å². The summed E-state index contributed by atoms with van der Waals surface area (Å²) in [5.41, 5.74) is 0.103. The molecule has 2 heterocycles. The summed E-state index contributed by atoms with van der Waals surface area (Å²) in [6.45, 7) is 0.641. The molecule has 0 N–H and O–H groups in total. The van der Waals surface area contributed by atoms with Gasteiger partial charge in [0.15, 0.2) is 0 Å². The number of hydrogen-bond donors (Lipinski definition) is 0. The van der Waals surface area contributed by atoms with E-state index in [1.165, 1.54) is 41.0 Å². The molecule has 0 aromatic carbocycles. The number of hydrogen-bond acceptors (Lipinski definition) is 5. The van der Waals surface area contributed by atoms with Crippen LogP contribution in [0.3, 0.4) is 0 Å². The molecule has 2 aromatic heterocycles. The highest BCUT2D eigenvalue weighted by Crippen LogP contribution is 2.29. The number of ether oxygens (including phenoxy) is 1. The minimum Gasteiger partial charge on any atom is -0.465 e. The number of carbonyl (C=O) groups is 1. The lowest BCUT2D eigenvalue weighted by Gasteiger charge is -2.02. The zero-order valence-corrected chi connectivity index (χ0v) is 11.0. The van der Waals surface area contributed by atoms with Crippen molar-refractivity contribution in [1.29, 1.82) is 0 Å². The Balaban J connectivity index is 1.94. The lowest BCUT2D eigenvalue weighted by molar-refractivity contribution is 0.0600. The average Bonchev–Trinajstić information content (AvgIpc) is 3.22. The van der Waals surface area contributed by atoms with Crippen molar-refractivity contribution in [2.75, 3.05) is 7.11 Å². The molecule has 0 spiro atoms. The lowest BCUT2D eigenvalue weighted by Crippen LogP contribution is -2.25. The van der Waals surface area contributed by atoms with Gasteiger partial charge in [-0.05, 0) is 30.9 Å². The highest BCUT2D eigenvalue weighted by molar-refractivity contribution is 5.89. The van der Waals surface area contributed by atoms with Crippen molar-refractivity contribution in [3.63, 3.8) is 0 Å². The Morgan fingerprint density at radius 2 is 2.30 bits per heavy atom. The van der Waals surface area contributed by atoms with E-state index in [4.69, 9.17) is 0 Å². The van der Waals surface area contributed by atoms with Gasteiger partial charge in [-0.1, -0.05) is 0 Å². The number of methoxy groups -OCH3 is 1. The quantitative estimate of drug-likeness (QED) is 0.764. The summed E-state index contributed by atoms with van der Waals surface area (Å²) in [6, 6.07) is 3.05. The van der Waals surface area contributed by atoms with Gasteiger partial charge in [0, 0.05) is 12.7 Å². The summed E-state index contributed by atoms with van der Waals surface area (Å²) < 4.78 is 7.41. The molecule has 2 aromatic rings. The molecule has 104 valence electrons. The van der Waals surface area contributed by atoms with Gasteiger partial charge in [-0.2, -0.15) is 5.10 Å². The van der Waals surface area contributed by atoms with E-state index in [0.717, 1.165) is 12.8 Å². The predicted octanol–water partition coefficient (Wildman–Crippen LogP) is 0.626. The average molecular weight is 274 g/mol. The molecule has 7 heteroatoms. The van der Waals surface area contributed by atoms with E-state index in [-0.39, 0.29) is 5.69 Å². The molecule has 3 rings (SSSR count). The molecule has 0 radical (unpaired) electrons. The Hall–Kier alpha value is -2.44. The third-order valence-corrected chi connectivity index (χ3v) is 3.27. The van der Waals surface area contributed by atoms with Gasteiger partial charge < -0.3 is 4.74 Å². The van der Waals surface area contributed by atoms with Crippen molar-refractivity contribution in [1.82, 2.24) is 19.3 Å². The van der Waals surface area contributed by atoms with Crippen molar-refractivity contribution in [3.05, 3.63) is 40.7 Å². The first kappa shape index (κ1) is 12.6. The minimum absolute atomic E-state index is 0.244. The van der Waals surface area contributed by atoms with Crippen LogP contribution in [-0.4, -0.2) is 32.4 Å². The maximum absolute atomic E-state index is 12.2. The number of aromatic nitrogens is 4. The summed E-state index contributed by atoms with van der Waals surface area (Å²) in [7, 11) is 1.31. The molecule has 1 saturated carbocycles. The first-order chi connectivity index (χ1) is 9.69. The third kappa shape index (κ3) is 2.34. The summed E-state index contributed by atoms with van der Waals surface area (Å²) in [5.74, 6) is 0.456. The Morgan fingerprint density at radius 1 is 1.50 bits per heavy atom. The SMILES string of the molecule is COC(=O)c1ccnc(-n2cnn(CC3CC3)c2=O)c1. The number of esters is 1. The molecular weight excluding hydrogens is 260 g/mol. The number of nitrogens with zero attached hydrogens (tertiary/aromatic N) is 4. The Morgan fingerprint density at radius 3 is 3.00 bits per heavy atom. The largest absolute Gasteiger partial charge is 0.465 e. The van der Waals surface area contributed by atoms with Gasteiger partial charge in [-0.3, -0.25) is 0 Å². The van der Waals surface area contributed by atoms with Crippen LogP contribution in [0.4, 0.5) is 0 Å². The van der Waals surface area contributed by atoms with E-state index in [9.17, 15) is 9.59 Å². The molecule has 0 saturated heterocycles. The topological polar surface area (TPSA) is 79.0 Å². The Labute approximate surface area is 114 Å². The molecule has 1 aliphatic rings. The van der Waals surface area contributed by atoms with Gasteiger partial charge in [-0.25, -0.2) is 23.8 Å². The van der Waals surface area contributed by atoms with E-state index in [1.54, 1.807) is 0 Å². The second kappa shape index (κ2) is 4.92. The van der Waals surface area contributed by atoms with Crippen molar-refractivity contribution >= 4 is 5.97 Å². The van der Waals surface area contributed by atoms with E-state index in [0.29, 0.717) is 23.8 Å². The minimum atomic E-state index is -0.466. The second-order valence-corrected chi connectivity index (χ2v) is 4.80. The van der Waals surface area contributed by atoms with Gasteiger partial charge in [0.25, 0.3) is 0 Å². The van der Waals surface area contributed by atoms with E-state index in [2.05, 4.69) is 14.8 Å². The molecule has 0 atom stereocenters. The molecule has 0 bridgehead atoms. The molecule has 1 fully saturated rings. The first-order valence-electron chi connectivity index (χ1n) is 6.38. The van der Waals surface area contributed by atoms with Crippen LogP contribution in [0, 0.1) is 5.92 Å². The Bertz CT molecular complexity index is 700. The fraction of sp³-hybridized carbons (Fsp3) is 0.385. The van der Waals surface area contributed by atoms with Crippen molar-refractivity contribution in [2.24, 2.45) is 5.92 Å². The van der Waals surface area contributed by atoms with Crippen LogP contribution >= 0.6 is 0 Å². The van der Waals surface area contributed by atoms with Gasteiger partial charge in [0.2, 0.25) is 0 Å². The van der Waals surface area contributed by atoms with Crippen LogP contribution in [0.5, 0.6) is 0 Å². The summed E-state index contributed by atoms with van der Waals surface area (Å²) in [6.07, 6.45) is 5.19. The van der Waals surface area contributed by atoms with Crippen molar-refractivity contribution < 1.29 is 9.53 Å². The highest BCUT2D eigenvalue weighted by Gasteiger charge is 2.23. The van der Waals surface area contributed by atoms with E-state index >= 15 is 0 Å². The monoisotopic (exact) mass is 274 g/mol. The molecule has 7 nitrogen and oxygen atoms in total. The van der Waals surface area contributed by atoms with E-state index in [1.807, 2.05) is 0 Å². The van der Waals surface area contributed by atoms with Gasteiger partial charge in [0.05, 0.1) is 12.7 Å². The smallest absolute Gasteiger partial charge is 0.351 e. The first-order valence-corrected chi connectivity index (χ1v) is 6.38. The molecule has 0 unspecified atom stereocenters. The van der Waals surface area contributed by atoms with Crippen molar-refractivity contribution in [2.45, 2.75) is 19.4 Å². The number of carbonyl (C=O) groups excluding carboxylic acids is 1. The summed E-state index contributed by atoms with van der Waals surface area (Å²) >= 11 is 0. The van der Waals surface area contributed by atoms with Crippen LogP contribution in [0.2, 0.25) is 0 Å². The molecule has 1 aliphatic carbocycles. The lowest BCUT2D eigenvalue weighted by atomic mass is 10.2.